The molecule has 120 valence electrons. The minimum atomic E-state index is -3.60. The van der Waals surface area contributed by atoms with Gasteiger partial charge < -0.3 is 14.4 Å². The lowest BCUT2D eigenvalue weighted by atomic mass is 10.2. The Morgan fingerprint density at radius 1 is 1.09 bits per heavy atom. The fourth-order valence-electron chi connectivity index (χ4n) is 3.11. The number of carboxylic acid groups (broad SMARTS) is 1. The number of nitrogens with zero attached hydrogens (tertiary/aromatic N) is 2. The molecule has 0 fully saturated rings. The highest BCUT2D eigenvalue weighted by molar-refractivity contribution is 7.89. The first-order valence-corrected chi connectivity index (χ1v) is 8.54. The van der Waals surface area contributed by atoms with Crippen LogP contribution in [0.1, 0.15) is 0 Å². The van der Waals surface area contributed by atoms with E-state index in [2.05, 4.69) is 0 Å². The molecule has 3 heterocycles. The highest BCUT2D eigenvalue weighted by atomic mass is 32.2. The van der Waals surface area contributed by atoms with Crippen LogP contribution in [0.2, 0.25) is 0 Å². The molecule has 1 amide bonds. The fourth-order valence-corrected chi connectivity index (χ4v) is 4.57. The number of amides is 1. The Labute approximate surface area is 132 Å². The number of benzene rings is 1. The number of furan rings is 1. The zero-order valence-electron chi connectivity index (χ0n) is 12.1. The predicted octanol–water partition coefficient (Wildman–Crippen LogP) is 1.73. The van der Waals surface area contributed by atoms with E-state index in [9.17, 15) is 13.2 Å². The maximum atomic E-state index is 12.8. The van der Waals surface area contributed by atoms with Crippen molar-refractivity contribution >= 4 is 27.1 Å². The van der Waals surface area contributed by atoms with Crippen molar-refractivity contribution in [1.82, 2.24) is 9.21 Å². The first kappa shape index (κ1) is 14.3. The van der Waals surface area contributed by atoms with Crippen molar-refractivity contribution in [2.75, 3.05) is 26.2 Å². The Balaban J connectivity index is 1.58. The van der Waals surface area contributed by atoms with Crippen LogP contribution < -0.4 is 0 Å². The third-order valence-electron chi connectivity index (χ3n) is 4.33. The Morgan fingerprint density at radius 2 is 1.78 bits per heavy atom. The van der Waals surface area contributed by atoms with Gasteiger partial charge in [-0.05, 0) is 35.4 Å². The summed E-state index contributed by atoms with van der Waals surface area (Å²) in [6.07, 6.45) is 0.548. The molecule has 2 aromatic rings. The van der Waals surface area contributed by atoms with Gasteiger partial charge in [-0.3, -0.25) is 0 Å². The molecule has 23 heavy (non-hydrogen) atoms. The minimum Gasteiger partial charge on any atom is -0.465 e. The van der Waals surface area contributed by atoms with Crippen LogP contribution in [0.25, 0.3) is 11.0 Å². The Morgan fingerprint density at radius 3 is 2.43 bits per heavy atom. The van der Waals surface area contributed by atoms with E-state index in [4.69, 9.17) is 9.52 Å². The summed E-state index contributed by atoms with van der Waals surface area (Å²) in [4.78, 5) is 12.5. The minimum absolute atomic E-state index is 0.225. The number of sulfonamides is 1. The predicted molar refractivity (Wildman–Crippen MR) is 81.6 cm³/mol. The zero-order chi connectivity index (χ0) is 16.2. The number of fused-ring (bicyclic) bond motifs is 1. The molecule has 0 radical (unpaired) electrons. The van der Waals surface area contributed by atoms with Crippen molar-refractivity contribution in [2.45, 2.75) is 4.90 Å². The Hall–Kier alpha value is -2.32. The lowest BCUT2D eigenvalue weighted by Crippen LogP contribution is -2.35. The van der Waals surface area contributed by atoms with Gasteiger partial charge in [0, 0.05) is 31.6 Å². The summed E-state index contributed by atoms with van der Waals surface area (Å²) in [5.41, 5.74) is 2.42. The van der Waals surface area contributed by atoms with Gasteiger partial charge >= 0.3 is 6.09 Å². The van der Waals surface area contributed by atoms with Crippen LogP contribution in [0.4, 0.5) is 4.79 Å². The molecule has 0 aliphatic carbocycles. The summed E-state index contributed by atoms with van der Waals surface area (Å²) in [7, 11) is -3.60. The molecule has 2 aliphatic rings. The second-order valence-corrected chi connectivity index (χ2v) is 7.68. The number of rotatable bonds is 2. The van der Waals surface area contributed by atoms with E-state index in [1.807, 2.05) is 0 Å². The van der Waals surface area contributed by atoms with Crippen molar-refractivity contribution in [3.63, 3.8) is 0 Å². The third-order valence-corrected chi connectivity index (χ3v) is 6.12. The zero-order valence-corrected chi connectivity index (χ0v) is 12.9. The van der Waals surface area contributed by atoms with E-state index < -0.39 is 16.1 Å². The summed E-state index contributed by atoms with van der Waals surface area (Å²) in [5, 5.41) is 9.75. The Bertz CT molecular complexity index is 926. The van der Waals surface area contributed by atoms with Crippen molar-refractivity contribution < 1.29 is 22.7 Å². The molecule has 4 rings (SSSR count). The van der Waals surface area contributed by atoms with Gasteiger partial charge in [0.2, 0.25) is 10.0 Å². The maximum absolute atomic E-state index is 12.8. The molecule has 0 saturated heterocycles. The van der Waals surface area contributed by atoms with Crippen LogP contribution in [0.5, 0.6) is 0 Å². The van der Waals surface area contributed by atoms with Crippen LogP contribution in [0.15, 0.2) is 51.0 Å². The molecule has 0 atom stereocenters. The molecule has 0 saturated carbocycles. The number of hydrogen-bond acceptors (Lipinski definition) is 4. The molecule has 7 nitrogen and oxygen atoms in total. The molecular weight excluding hydrogens is 320 g/mol. The molecule has 1 N–H and O–H groups in total. The third kappa shape index (κ3) is 2.22. The van der Waals surface area contributed by atoms with Gasteiger partial charge in [0.1, 0.15) is 5.58 Å². The second-order valence-electron chi connectivity index (χ2n) is 5.74. The van der Waals surface area contributed by atoms with Crippen LogP contribution >= 0.6 is 0 Å². The van der Waals surface area contributed by atoms with E-state index in [1.54, 1.807) is 18.2 Å². The SMILES string of the molecule is O=C(O)N1CC2=C(C1)CN(S(=O)(=O)c1ccc3occc3c1)C2. The van der Waals surface area contributed by atoms with Gasteiger partial charge in [0.05, 0.1) is 11.2 Å². The molecule has 0 unspecified atom stereocenters. The first-order chi connectivity index (χ1) is 10.9. The van der Waals surface area contributed by atoms with Gasteiger partial charge in [-0.2, -0.15) is 4.31 Å². The molecule has 8 heteroatoms. The molecule has 0 spiro atoms. The highest BCUT2D eigenvalue weighted by Gasteiger charge is 2.37. The average molecular weight is 334 g/mol. The van der Waals surface area contributed by atoms with Gasteiger partial charge in [-0.1, -0.05) is 0 Å². The monoisotopic (exact) mass is 334 g/mol. The van der Waals surface area contributed by atoms with Crippen molar-refractivity contribution in [3.8, 4) is 0 Å². The van der Waals surface area contributed by atoms with Gasteiger partial charge in [-0.15, -0.1) is 0 Å². The van der Waals surface area contributed by atoms with Crippen LogP contribution in [-0.4, -0.2) is 55.0 Å². The quantitative estimate of drug-likeness (QED) is 0.845. The number of carbonyl (C=O) groups is 1. The van der Waals surface area contributed by atoms with Gasteiger partial charge in [0.25, 0.3) is 0 Å². The molecule has 1 aromatic heterocycles. The summed E-state index contributed by atoms with van der Waals surface area (Å²) in [6.45, 7) is 1.09. The van der Waals surface area contributed by atoms with Crippen LogP contribution in [0, 0.1) is 0 Å². The van der Waals surface area contributed by atoms with Crippen LogP contribution in [-0.2, 0) is 10.0 Å². The molecule has 2 aliphatic heterocycles. The van der Waals surface area contributed by atoms with E-state index in [1.165, 1.54) is 21.5 Å². The largest absolute Gasteiger partial charge is 0.465 e. The van der Waals surface area contributed by atoms with E-state index in [0.717, 1.165) is 16.5 Å². The van der Waals surface area contributed by atoms with Crippen LogP contribution in [0.3, 0.4) is 0 Å². The van der Waals surface area contributed by atoms with Gasteiger partial charge in [-0.25, -0.2) is 13.2 Å². The summed E-state index contributed by atoms with van der Waals surface area (Å²) >= 11 is 0. The molecule has 0 bridgehead atoms. The van der Waals surface area contributed by atoms with Crippen molar-refractivity contribution in [2.24, 2.45) is 0 Å². The lowest BCUT2D eigenvalue weighted by molar-refractivity contribution is 0.155. The van der Waals surface area contributed by atoms with Crippen molar-refractivity contribution in [1.29, 1.82) is 0 Å². The van der Waals surface area contributed by atoms with Gasteiger partial charge in [0.15, 0.2) is 0 Å². The summed E-state index contributed by atoms with van der Waals surface area (Å²) in [6, 6.07) is 6.50. The second kappa shape index (κ2) is 4.84. The lowest BCUT2D eigenvalue weighted by Gasteiger charge is -2.21. The smallest absolute Gasteiger partial charge is 0.407 e. The first-order valence-electron chi connectivity index (χ1n) is 7.10. The normalized spacial score (nSPS) is 18.9. The van der Waals surface area contributed by atoms with E-state index in [-0.39, 0.29) is 31.1 Å². The average Bonchev–Trinajstić information content (AvgIpc) is 3.19. The molecule has 1 aromatic carbocycles. The highest BCUT2D eigenvalue weighted by Crippen LogP contribution is 2.31. The maximum Gasteiger partial charge on any atom is 0.407 e. The Kier molecular flexibility index (Phi) is 3.00. The number of hydrogen-bond donors (Lipinski definition) is 1. The topological polar surface area (TPSA) is 91.1 Å². The molecular formula is C15H14N2O5S. The van der Waals surface area contributed by atoms with Crippen molar-refractivity contribution in [3.05, 3.63) is 41.7 Å². The van der Waals surface area contributed by atoms with E-state index in [0.29, 0.717) is 5.58 Å². The fraction of sp³-hybridized carbons (Fsp3) is 0.267. The summed E-state index contributed by atoms with van der Waals surface area (Å²) < 4.78 is 32.2. The standard InChI is InChI=1S/C15H14N2O5S/c18-15(19)16-6-11-8-17(9-12(11)7-16)23(20,21)13-1-2-14-10(5-13)3-4-22-14/h1-5H,6-9H2,(H,18,19). The summed E-state index contributed by atoms with van der Waals surface area (Å²) in [5.74, 6) is 0. The van der Waals surface area contributed by atoms with E-state index >= 15 is 0 Å².